The first-order chi connectivity index (χ1) is 20.7. The van der Waals surface area contributed by atoms with Gasteiger partial charge in [0, 0.05) is 43.0 Å². The average Bonchev–Trinajstić information content (AvgIpc) is 3.47. The minimum Gasteiger partial charge on any atom is -0.497 e. The number of methoxy groups -OCH3 is 1. The summed E-state index contributed by atoms with van der Waals surface area (Å²) in [5.74, 6) is 2.12. The van der Waals surface area contributed by atoms with E-state index in [4.69, 9.17) is 18.9 Å². The predicted octanol–water partition coefficient (Wildman–Crippen LogP) is 4.42. The fraction of sp³-hybridized carbons (Fsp3) is 0.375. The number of urea groups is 1. The van der Waals surface area contributed by atoms with Crippen molar-refractivity contribution in [3.05, 3.63) is 71.8 Å². The van der Waals surface area contributed by atoms with E-state index >= 15 is 0 Å². The topological polar surface area (TPSA) is 122 Å². The van der Waals surface area contributed by atoms with Gasteiger partial charge in [0.25, 0.3) is 5.91 Å². The van der Waals surface area contributed by atoms with Crippen molar-refractivity contribution in [1.29, 1.82) is 0 Å². The summed E-state index contributed by atoms with van der Waals surface area (Å²) in [7, 11) is 3.68. The number of aliphatic hydroxyl groups excluding tert-OH is 1. The molecule has 3 aromatic carbocycles. The normalized spacial score (nSPS) is 18.3. The minimum atomic E-state index is -0.481. The molecule has 2 aliphatic heterocycles. The molecule has 3 amide bonds. The Hall–Kier alpha value is -4.48. The van der Waals surface area contributed by atoms with Crippen LogP contribution in [0.3, 0.4) is 0 Å². The number of nitrogens with one attached hydrogen (secondary N) is 2. The molecule has 11 heteroatoms. The van der Waals surface area contributed by atoms with E-state index in [1.165, 1.54) is 0 Å². The molecule has 11 nitrogen and oxygen atoms in total. The van der Waals surface area contributed by atoms with Crippen LogP contribution in [0.2, 0.25) is 0 Å². The van der Waals surface area contributed by atoms with Gasteiger partial charge in [-0.1, -0.05) is 19.1 Å². The monoisotopic (exact) mass is 590 g/mol. The lowest BCUT2D eigenvalue weighted by Crippen LogP contribution is -2.49. The molecule has 0 saturated carbocycles. The highest BCUT2D eigenvalue weighted by Gasteiger charge is 2.33. The number of ether oxygens (including phenoxy) is 4. The van der Waals surface area contributed by atoms with Gasteiger partial charge >= 0.3 is 6.03 Å². The lowest BCUT2D eigenvalue weighted by Gasteiger charge is -2.38. The maximum atomic E-state index is 13.8. The predicted molar refractivity (Wildman–Crippen MR) is 162 cm³/mol. The summed E-state index contributed by atoms with van der Waals surface area (Å²) >= 11 is 0. The third kappa shape index (κ3) is 7.12. The third-order valence-corrected chi connectivity index (χ3v) is 7.66. The standard InChI is InChI=1S/C32H38N4O7/c1-20-15-36(21(2)18-37)31(38)26-13-23(33-32(39)34-24-8-12-28-29(14-24)42-19-41-28)7-11-27(26)43-30(20)17-35(3)16-22-5-9-25(40-4)10-6-22/h5-14,20-21,30,37H,15-19H2,1-4H3,(H2,33,34,39)/t20-,21-,30-/m1/s1. The molecule has 43 heavy (non-hydrogen) atoms. The summed E-state index contributed by atoms with van der Waals surface area (Å²) < 4.78 is 22.5. The highest BCUT2D eigenvalue weighted by atomic mass is 16.7. The number of carbonyl (C=O) groups excluding carboxylic acids is 2. The SMILES string of the molecule is COc1ccc(CN(C)C[C@H]2Oc3ccc(NC(=O)Nc4ccc5c(c4)OCO5)cc3C(=O)N([C@H](C)CO)C[C@H]2C)cc1. The first kappa shape index (κ1) is 30.0. The van der Waals surface area contributed by atoms with Crippen LogP contribution in [0.15, 0.2) is 60.7 Å². The molecular formula is C32H38N4O7. The van der Waals surface area contributed by atoms with E-state index in [2.05, 4.69) is 22.5 Å². The Morgan fingerprint density at radius 2 is 1.72 bits per heavy atom. The number of anilines is 2. The zero-order chi connectivity index (χ0) is 30.5. The molecule has 0 fully saturated rings. The fourth-order valence-corrected chi connectivity index (χ4v) is 5.20. The van der Waals surface area contributed by atoms with E-state index in [0.717, 1.165) is 11.3 Å². The highest BCUT2D eigenvalue weighted by Crippen LogP contribution is 2.34. The molecule has 0 unspecified atom stereocenters. The second-order valence-corrected chi connectivity index (χ2v) is 11.0. The van der Waals surface area contributed by atoms with Crippen molar-refractivity contribution in [1.82, 2.24) is 9.80 Å². The summed E-state index contributed by atoms with van der Waals surface area (Å²) in [6, 6.07) is 17.2. The minimum absolute atomic E-state index is 0.0188. The summed E-state index contributed by atoms with van der Waals surface area (Å²) in [4.78, 5) is 30.4. The quantitative estimate of drug-likeness (QED) is 0.335. The van der Waals surface area contributed by atoms with Gasteiger partial charge in [0.2, 0.25) is 6.79 Å². The van der Waals surface area contributed by atoms with Crippen molar-refractivity contribution in [3.63, 3.8) is 0 Å². The van der Waals surface area contributed by atoms with Crippen LogP contribution in [0, 0.1) is 5.92 Å². The van der Waals surface area contributed by atoms with Gasteiger partial charge in [-0.2, -0.15) is 0 Å². The van der Waals surface area contributed by atoms with E-state index in [0.29, 0.717) is 53.8 Å². The molecule has 5 rings (SSSR count). The van der Waals surface area contributed by atoms with Gasteiger partial charge in [0.1, 0.15) is 17.6 Å². The molecule has 0 bridgehead atoms. The van der Waals surface area contributed by atoms with Crippen molar-refractivity contribution >= 4 is 23.3 Å². The number of hydrogen-bond acceptors (Lipinski definition) is 8. The first-order valence-corrected chi connectivity index (χ1v) is 14.3. The van der Waals surface area contributed by atoms with Crippen molar-refractivity contribution < 1.29 is 33.6 Å². The van der Waals surface area contributed by atoms with Gasteiger partial charge in [-0.3, -0.25) is 9.69 Å². The zero-order valence-electron chi connectivity index (χ0n) is 24.8. The van der Waals surface area contributed by atoms with Gasteiger partial charge in [-0.15, -0.1) is 0 Å². The van der Waals surface area contributed by atoms with Gasteiger partial charge in [0.05, 0.1) is 25.3 Å². The van der Waals surface area contributed by atoms with Crippen LogP contribution >= 0.6 is 0 Å². The number of benzene rings is 3. The fourth-order valence-electron chi connectivity index (χ4n) is 5.20. The van der Waals surface area contributed by atoms with Gasteiger partial charge in [-0.05, 0) is 62.0 Å². The molecule has 3 atom stereocenters. The number of aliphatic hydroxyl groups is 1. The average molecular weight is 591 g/mol. The number of carbonyl (C=O) groups is 2. The Kier molecular flexibility index (Phi) is 9.22. The van der Waals surface area contributed by atoms with E-state index in [1.807, 2.05) is 38.2 Å². The van der Waals surface area contributed by atoms with Gasteiger partial charge in [0.15, 0.2) is 11.5 Å². The number of likely N-dealkylation sites (N-methyl/N-ethyl adjacent to an activating group) is 1. The molecular weight excluding hydrogens is 552 g/mol. The maximum absolute atomic E-state index is 13.8. The van der Waals surface area contributed by atoms with Crippen LogP contribution in [-0.4, -0.2) is 79.6 Å². The second kappa shape index (κ2) is 13.2. The van der Waals surface area contributed by atoms with Crippen LogP contribution < -0.4 is 29.6 Å². The van der Waals surface area contributed by atoms with Crippen LogP contribution in [0.1, 0.15) is 29.8 Å². The lowest BCUT2D eigenvalue weighted by atomic mass is 9.99. The number of nitrogens with zero attached hydrogens (tertiary/aromatic N) is 2. The zero-order valence-corrected chi connectivity index (χ0v) is 24.8. The summed E-state index contributed by atoms with van der Waals surface area (Å²) in [5, 5.41) is 15.5. The molecule has 228 valence electrons. The molecule has 3 aromatic rings. The third-order valence-electron chi connectivity index (χ3n) is 7.66. The Bertz CT molecular complexity index is 1450. The molecule has 0 spiro atoms. The molecule has 3 N–H and O–H groups in total. The van der Waals surface area contributed by atoms with Crippen LogP contribution in [0.4, 0.5) is 16.2 Å². The van der Waals surface area contributed by atoms with Crippen LogP contribution in [0.5, 0.6) is 23.0 Å². The number of amides is 3. The first-order valence-electron chi connectivity index (χ1n) is 14.3. The van der Waals surface area contributed by atoms with E-state index < -0.39 is 12.1 Å². The van der Waals surface area contributed by atoms with Crippen molar-refractivity contribution in [2.24, 2.45) is 5.92 Å². The molecule has 0 aliphatic carbocycles. The van der Waals surface area contributed by atoms with Crippen LogP contribution in [0.25, 0.3) is 0 Å². The van der Waals surface area contributed by atoms with Gasteiger partial charge in [-0.25, -0.2) is 4.79 Å². The smallest absolute Gasteiger partial charge is 0.323 e. The maximum Gasteiger partial charge on any atom is 0.323 e. The molecule has 0 radical (unpaired) electrons. The largest absolute Gasteiger partial charge is 0.497 e. The summed E-state index contributed by atoms with van der Waals surface area (Å²) in [5.41, 5.74) is 2.41. The number of hydrogen-bond donors (Lipinski definition) is 3. The molecule has 2 aliphatic rings. The Labute approximate surface area is 251 Å². The van der Waals surface area contributed by atoms with Crippen molar-refractivity contribution in [3.8, 4) is 23.0 Å². The van der Waals surface area contributed by atoms with E-state index in [9.17, 15) is 14.7 Å². The Morgan fingerprint density at radius 3 is 2.42 bits per heavy atom. The summed E-state index contributed by atoms with van der Waals surface area (Å²) in [6.45, 7) is 5.56. The number of fused-ring (bicyclic) bond motifs is 2. The van der Waals surface area contributed by atoms with Gasteiger partial charge < -0.3 is 39.6 Å². The Morgan fingerprint density at radius 1 is 1.05 bits per heavy atom. The van der Waals surface area contributed by atoms with Crippen LogP contribution in [-0.2, 0) is 6.54 Å². The van der Waals surface area contributed by atoms with Crippen molar-refractivity contribution in [2.45, 2.75) is 32.5 Å². The molecule has 0 aromatic heterocycles. The van der Waals surface area contributed by atoms with E-state index in [1.54, 1.807) is 48.4 Å². The second-order valence-electron chi connectivity index (χ2n) is 11.0. The van der Waals surface area contributed by atoms with Crippen molar-refractivity contribution in [2.75, 3.05) is 51.3 Å². The lowest BCUT2D eigenvalue weighted by molar-refractivity contribution is 0.0341. The summed E-state index contributed by atoms with van der Waals surface area (Å²) in [6.07, 6.45) is -0.239. The Balaban J connectivity index is 1.33. The molecule has 0 saturated heterocycles. The molecule has 2 heterocycles. The van der Waals surface area contributed by atoms with E-state index in [-0.39, 0.29) is 31.3 Å². The highest BCUT2D eigenvalue weighted by molar-refractivity contribution is 6.02. The number of rotatable bonds is 9.